The van der Waals surface area contributed by atoms with Crippen molar-refractivity contribution in [3.8, 4) is 0 Å². The van der Waals surface area contributed by atoms with Gasteiger partial charge in [0, 0.05) is 37.3 Å². The largest absolute Gasteiger partial charge is 0.394 e. The van der Waals surface area contributed by atoms with Gasteiger partial charge in [0.2, 0.25) is 5.91 Å². The summed E-state index contributed by atoms with van der Waals surface area (Å²) in [6.45, 7) is 7.07. The predicted octanol–water partition coefficient (Wildman–Crippen LogP) is 3.19. The lowest BCUT2D eigenvalue weighted by Gasteiger charge is -2.36. The Labute approximate surface area is 151 Å². The van der Waals surface area contributed by atoms with Crippen molar-refractivity contribution in [3.63, 3.8) is 0 Å². The molecule has 0 aromatic carbocycles. The van der Waals surface area contributed by atoms with Gasteiger partial charge in [0.15, 0.2) is 0 Å². The highest BCUT2D eigenvalue weighted by Crippen LogP contribution is 2.39. The summed E-state index contributed by atoms with van der Waals surface area (Å²) in [5.41, 5.74) is 1.67. The van der Waals surface area contributed by atoms with Crippen molar-refractivity contribution < 1.29 is 9.90 Å². The highest BCUT2D eigenvalue weighted by atomic mass is 16.3. The van der Waals surface area contributed by atoms with Gasteiger partial charge in [-0.3, -0.25) is 9.48 Å². The van der Waals surface area contributed by atoms with E-state index in [1.807, 2.05) is 10.9 Å². The minimum absolute atomic E-state index is 0.115. The zero-order valence-corrected chi connectivity index (χ0v) is 15.8. The normalized spacial score (nSPS) is 22.3. The predicted molar refractivity (Wildman–Crippen MR) is 98.2 cm³/mol. The number of aromatic nitrogens is 2. The molecule has 25 heavy (non-hydrogen) atoms. The first kappa shape index (κ1) is 18.4. The molecule has 140 valence electrons. The minimum atomic E-state index is 0.115. The van der Waals surface area contributed by atoms with Crippen LogP contribution >= 0.6 is 0 Å². The number of rotatable bonds is 5. The van der Waals surface area contributed by atoms with Gasteiger partial charge in [-0.2, -0.15) is 5.10 Å². The maximum absolute atomic E-state index is 12.7. The van der Waals surface area contributed by atoms with E-state index in [1.165, 1.54) is 31.4 Å². The summed E-state index contributed by atoms with van der Waals surface area (Å²) in [4.78, 5) is 14.7. The number of amides is 1. The number of nitrogens with zero attached hydrogens (tertiary/aromatic N) is 3. The molecule has 1 aliphatic heterocycles. The highest BCUT2D eigenvalue weighted by molar-refractivity contribution is 5.76. The van der Waals surface area contributed by atoms with Gasteiger partial charge in [-0.25, -0.2) is 0 Å². The van der Waals surface area contributed by atoms with Crippen LogP contribution in [0.15, 0.2) is 12.3 Å². The lowest BCUT2D eigenvalue weighted by atomic mass is 9.72. The summed E-state index contributed by atoms with van der Waals surface area (Å²) in [6, 6.07) is 2.06. The van der Waals surface area contributed by atoms with E-state index in [2.05, 4.69) is 29.9 Å². The lowest BCUT2D eigenvalue weighted by molar-refractivity contribution is -0.133. The van der Waals surface area contributed by atoms with Gasteiger partial charge in [0.25, 0.3) is 0 Å². The fourth-order valence-electron chi connectivity index (χ4n) is 4.44. The standard InChI is InChI=1S/C20H33N3O2/c1-20(2)8-3-16(4-9-20)15-19(25)22-11-6-17(7-12-22)18-5-10-21-23(18)13-14-24/h5,10,16-17,24H,3-4,6-9,11-15H2,1-2H3. The van der Waals surface area contributed by atoms with Crippen LogP contribution in [0.25, 0.3) is 0 Å². The van der Waals surface area contributed by atoms with E-state index in [4.69, 9.17) is 5.11 Å². The second-order valence-electron chi connectivity index (χ2n) is 8.67. The monoisotopic (exact) mass is 347 g/mol. The van der Waals surface area contributed by atoms with Crippen LogP contribution in [0.4, 0.5) is 0 Å². The molecule has 5 nitrogen and oxygen atoms in total. The molecule has 1 amide bonds. The fourth-order valence-corrected chi connectivity index (χ4v) is 4.44. The number of hydrogen-bond acceptors (Lipinski definition) is 3. The molecular weight excluding hydrogens is 314 g/mol. The van der Waals surface area contributed by atoms with Gasteiger partial charge in [0.05, 0.1) is 13.2 Å². The van der Waals surface area contributed by atoms with Crippen LogP contribution in [0.2, 0.25) is 0 Å². The van der Waals surface area contributed by atoms with E-state index in [9.17, 15) is 4.79 Å². The molecular formula is C20H33N3O2. The Morgan fingerprint density at radius 2 is 1.92 bits per heavy atom. The van der Waals surface area contributed by atoms with Crippen LogP contribution in [-0.2, 0) is 11.3 Å². The molecule has 1 N–H and O–H groups in total. The first-order valence-corrected chi connectivity index (χ1v) is 9.89. The summed E-state index contributed by atoms with van der Waals surface area (Å²) in [5, 5.41) is 13.5. The maximum atomic E-state index is 12.7. The van der Waals surface area contributed by atoms with E-state index in [1.54, 1.807) is 0 Å². The van der Waals surface area contributed by atoms with E-state index >= 15 is 0 Å². The number of piperidine rings is 1. The third kappa shape index (κ3) is 4.63. The minimum Gasteiger partial charge on any atom is -0.394 e. The van der Waals surface area contributed by atoms with E-state index in [0.29, 0.717) is 29.7 Å². The second-order valence-corrected chi connectivity index (χ2v) is 8.67. The van der Waals surface area contributed by atoms with Gasteiger partial charge in [0.1, 0.15) is 0 Å². The number of carbonyl (C=O) groups is 1. The van der Waals surface area contributed by atoms with Crippen molar-refractivity contribution in [2.24, 2.45) is 11.3 Å². The molecule has 2 aliphatic rings. The van der Waals surface area contributed by atoms with Gasteiger partial charge in [-0.15, -0.1) is 0 Å². The number of aliphatic hydroxyl groups excluding tert-OH is 1. The maximum Gasteiger partial charge on any atom is 0.222 e. The van der Waals surface area contributed by atoms with Crippen LogP contribution in [0.5, 0.6) is 0 Å². The average Bonchev–Trinajstić information content (AvgIpc) is 3.05. The number of aliphatic hydroxyl groups is 1. The number of hydrogen-bond donors (Lipinski definition) is 1. The average molecular weight is 348 g/mol. The quantitative estimate of drug-likeness (QED) is 0.890. The van der Waals surface area contributed by atoms with Gasteiger partial charge >= 0.3 is 0 Å². The van der Waals surface area contributed by atoms with Crippen LogP contribution in [-0.4, -0.2) is 45.4 Å². The van der Waals surface area contributed by atoms with E-state index in [-0.39, 0.29) is 6.61 Å². The molecule has 2 fully saturated rings. The van der Waals surface area contributed by atoms with Gasteiger partial charge < -0.3 is 10.0 Å². The van der Waals surface area contributed by atoms with E-state index in [0.717, 1.165) is 32.4 Å². The van der Waals surface area contributed by atoms with Crippen LogP contribution < -0.4 is 0 Å². The first-order chi connectivity index (χ1) is 12.0. The van der Waals surface area contributed by atoms with Gasteiger partial charge in [-0.05, 0) is 55.9 Å². The Morgan fingerprint density at radius 1 is 1.24 bits per heavy atom. The van der Waals surface area contributed by atoms with Gasteiger partial charge in [-0.1, -0.05) is 13.8 Å². The Kier molecular flexibility index (Phi) is 5.82. The number of carbonyl (C=O) groups excluding carboxylic acids is 1. The van der Waals surface area contributed by atoms with Crippen molar-refractivity contribution in [3.05, 3.63) is 18.0 Å². The molecule has 3 rings (SSSR count). The lowest BCUT2D eigenvalue weighted by Crippen LogP contribution is -2.39. The number of likely N-dealkylation sites (tertiary alicyclic amines) is 1. The molecule has 1 aromatic heterocycles. The topological polar surface area (TPSA) is 58.4 Å². The molecule has 1 aromatic rings. The molecule has 1 aliphatic carbocycles. The molecule has 5 heteroatoms. The molecule has 1 saturated heterocycles. The summed E-state index contributed by atoms with van der Waals surface area (Å²) in [6.07, 6.45) is 9.46. The first-order valence-electron chi connectivity index (χ1n) is 9.89. The molecule has 0 unspecified atom stereocenters. The Hall–Kier alpha value is -1.36. The summed E-state index contributed by atoms with van der Waals surface area (Å²) < 4.78 is 1.91. The Bertz CT molecular complexity index is 563. The summed E-state index contributed by atoms with van der Waals surface area (Å²) >= 11 is 0. The summed E-state index contributed by atoms with van der Waals surface area (Å²) in [5.74, 6) is 1.39. The fraction of sp³-hybridized carbons (Fsp3) is 0.800. The Balaban J connectivity index is 1.47. The molecule has 2 heterocycles. The van der Waals surface area contributed by atoms with Crippen molar-refractivity contribution in [2.45, 2.75) is 71.3 Å². The molecule has 0 atom stereocenters. The molecule has 0 spiro atoms. The van der Waals surface area contributed by atoms with Crippen molar-refractivity contribution in [2.75, 3.05) is 19.7 Å². The Morgan fingerprint density at radius 3 is 2.56 bits per heavy atom. The summed E-state index contributed by atoms with van der Waals surface area (Å²) in [7, 11) is 0. The van der Waals surface area contributed by atoms with Crippen molar-refractivity contribution in [1.29, 1.82) is 0 Å². The second kappa shape index (κ2) is 7.90. The zero-order valence-electron chi connectivity index (χ0n) is 15.8. The molecule has 1 saturated carbocycles. The third-order valence-electron chi connectivity index (χ3n) is 6.25. The van der Waals surface area contributed by atoms with Crippen LogP contribution in [0.1, 0.15) is 70.4 Å². The van der Waals surface area contributed by atoms with Crippen LogP contribution in [0, 0.1) is 11.3 Å². The van der Waals surface area contributed by atoms with Crippen molar-refractivity contribution in [1.82, 2.24) is 14.7 Å². The third-order valence-corrected chi connectivity index (χ3v) is 6.25. The zero-order chi connectivity index (χ0) is 17.9. The molecule has 0 radical (unpaired) electrons. The highest BCUT2D eigenvalue weighted by Gasteiger charge is 2.30. The van der Waals surface area contributed by atoms with Crippen molar-refractivity contribution >= 4 is 5.91 Å². The van der Waals surface area contributed by atoms with Crippen LogP contribution in [0.3, 0.4) is 0 Å². The molecule has 0 bridgehead atoms. The van der Waals surface area contributed by atoms with E-state index < -0.39 is 0 Å². The SMILES string of the molecule is CC1(C)CCC(CC(=O)N2CCC(c3ccnn3CCO)CC2)CC1. The smallest absolute Gasteiger partial charge is 0.222 e.